The van der Waals surface area contributed by atoms with Gasteiger partial charge in [-0.2, -0.15) is 4.31 Å². The molecule has 32 heavy (non-hydrogen) atoms. The first-order valence-corrected chi connectivity index (χ1v) is 11.6. The minimum Gasteiger partial charge on any atom is -0.350 e. The average molecular weight is 470 g/mol. The molecule has 0 aromatic heterocycles. The van der Waals surface area contributed by atoms with Crippen molar-refractivity contribution in [2.45, 2.75) is 18.4 Å². The fourth-order valence-electron chi connectivity index (χ4n) is 3.43. The Morgan fingerprint density at radius 1 is 0.969 bits per heavy atom. The Morgan fingerprint density at radius 3 is 2.34 bits per heavy atom. The monoisotopic (exact) mass is 469 g/mol. The zero-order valence-corrected chi connectivity index (χ0v) is 18.7. The van der Waals surface area contributed by atoms with Crippen LogP contribution in [-0.4, -0.2) is 26.9 Å². The Hall–Kier alpha value is -3.36. The zero-order chi connectivity index (χ0) is 22.9. The van der Waals surface area contributed by atoms with Gasteiger partial charge in [-0.3, -0.25) is 9.69 Å². The molecule has 0 fully saturated rings. The smallest absolute Gasteiger partial charge is 0.343 e. The van der Waals surface area contributed by atoms with E-state index in [0.29, 0.717) is 5.02 Å². The Balaban J connectivity index is 1.65. The lowest BCUT2D eigenvalue weighted by molar-refractivity contribution is -0.119. The lowest BCUT2D eigenvalue weighted by atomic mass is 10.2. The summed E-state index contributed by atoms with van der Waals surface area (Å²) in [5.41, 5.74) is 2.02. The number of nitrogens with one attached hydrogen (secondary N) is 1. The van der Waals surface area contributed by atoms with Crippen molar-refractivity contribution in [2.75, 3.05) is 15.7 Å². The van der Waals surface area contributed by atoms with Crippen molar-refractivity contribution in [3.63, 3.8) is 0 Å². The SMILES string of the molecule is Cc1ccc(N2C(=O)N(CC(=O)NCc3ccccc3Cl)c3ccccc3S2(=O)=O)cc1. The summed E-state index contributed by atoms with van der Waals surface area (Å²) in [6.07, 6.45) is 0. The van der Waals surface area contributed by atoms with Crippen LogP contribution in [0.5, 0.6) is 0 Å². The molecule has 0 unspecified atom stereocenters. The molecule has 0 saturated carbocycles. The second-order valence-electron chi connectivity index (χ2n) is 7.31. The van der Waals surface area contributed by atoms with E-state index in [4.69, 9.17) is 11.6 Å². The molecule has 0 bridgehead atoms. The molecule has 9 heteroatoms. The largest absolute Gasteiger partial charge is 0.350 e. The highest BCUT2D eigenvalue weighted by molar-refractivity contribution is 7.94. The van der Waals surface area contributed by atoms with E-state index >= 15 is 0 Å². The number of anilines is 2. The molecule has 1 aliphatic heterocycles. The van der Waals surface area contributed by atoms with E-state index in [1.807, 2.05) is 13.0 Å². The lowest BCUT2D eigenvalue weighted by Crippen LogP contribution is -2.53. The zero-order valence-electron chi connectivity index (χ0n) is 17.2. The second-order valence-corrected chi connectivity index (χ2v) is 9.47. The van der Waals surface area contributed by atoms with Gasteiger partial charge in [0.15, 0.2) is 0 Å². The number of nitrogens with zero attached hydrogens (tertiary/aromatic N) is 2. The summed E-state index contributed by atoms with van der Waals surface area (Å²) in [4.78, 5) is 27.1. The van der Waals surface area contributed by atoms with E-state index in [1.165, 1.54) is 12.1 Å². The van der Waals surface area contributed by atoms with Crippen LogP contribution >= 0.6 is 11.6 Å². The number of amides is 3. The summed E-state index contributed by atoms with van der Waals surface area (Å²) in [5.74, 6) is -0.448. The third-order valence-electron chi connectivity index (χ3n) is 5.08. The summed E-state index contributed by atoms with van der Waals surface area (Å²) in [6.45, 7) is 1.70. The van der Waals surface area contributed by atoms with E-state index in [-0.39, 0.29) is 29.4 Å². The van der Waals surface area contributed by atoms with Gasteiger partial charge in [0.2, 0.25) is 5.91 Å². The summed E-state index contributed by atoms with van der Waals surface area (Å²) in [5, 5.41) is 3.25. The molecule has 1 heterocycles. The molecule has 0 aliphatic carbocycles. The summed E-state index contributed by atoms with van der Waals surface area (Å²) < 4.78 is 27.2. The van der Waals surface area contributed by atoms with Crippen LogP contribution in [0.2, 0.25) is 5.02 Å². The molecule has 164 valence electrons. The van der Waals surface area contributed by atoms with Crippen LogP contribution < -0.4 is 14.5 Å². The number of sulfonamides is 1. The second kappa shape index (κ2) is 8.64. The molecule has 3 aromatic rings. The van der Waals surface area contributed by atoms with E-state index in [9.17, 15) is 18.0 Å². The van der Waals surface area contributed by atoms with Crippen LogP contribution in [0, 0.1) is 6.92 Å². The molecule has 3 amide bonds. The van der Waals surface area contributed by atoms with Crippen LogP contribution in [0.4, 0.5) is 16.2 Å². The van der Waals surface area contributed by atoms with E-state index < -0.39 is 22.0 Å². The molecule has 0 radical (unpaired) electrons. The number of rotatable bonds is 5. The molecule has 7 nitrogen and oxygen atoms in total. The number of para-hydroxylation sites is 1. The van der Waals surface area contributed by atoms with Gasteiger partial charge in [0.25, 0.3) is 10.0 Å². The molecule has 1 N–H and O–H groups in total. The van der Waals surface area contributed by atoms with Crippen molar-refractivity contribution >= 4 is 44.9 Å². The van der Waals surface area contributed by atoms with Gasteiger partial charge in [-0.15, -0.1) is 0 Å². The number of urea groups is 1. The van der Waals surface area contributed by atoms with E-state index in [2.05, 4.69) is 5.32 Å². The number of carbonyl (C=O) groups excluding carboxylic acids is 2. The quantitative estimate of drug-likeness (QED) is 0.609. The molecule has 4 rings (SSSR count). The maximum atomic E-state index is 13.3. The van der Waals surface area contributed by atoms with Gasteiger partial charge in [-0.1, -0.05) is 59.6 Å². The highest BCUT2D eigenvalue weighted by atomic mass is 35.5. The predicted octanol–water partition coefficient (Wildman–Crippen LogP) is 4.10. The highest BCUT2D eigenvalue weighted by Crippen LogP contribution is 2.37. The normalized spacial score (nSPS) is 14.8. The first-order valence-electron chi connectivity index (χ1n) is 9.81. The molecular formula is C23H20ClN3O4S. The van der Waals surface area contributed by atoms with Gasteiger partial charge in [-0.25, -0.2) is 13.2 Å². The molecule has 3 aromatic carbocycles. The first kappa shape index (κ1) is 21.9. The number of benzene rings is 3. The summed E-state index contributed by atoms with van der Waals surface area (Å²) in [7, 11) is -4.13. The summed E-state index contributed by atoms with van der Waals surface area (Å²) >= 11 is 6.13. The van der Waals surface area contributed by atoms with Crippen molar-refractivity contribution in [3.05, 3.63) is 88.9 Å². The molecular weight excluding hydrogens is 450 g/mol. The Labute approximate surface area is 191 Å². The van der Waals surface area contributed by atoms with Crippen molar-refractivity contribution < 1.29 is 18.0 Å². The fourth-order valence-corrected chi connectivity index (χ4v) is 5.23. The van der Waals surface area contributed by atoms with Crippen molar-refractivity contribution in [1.82, 2.24) is 5.32 Å². The molecule has 0 saturated heterocycles. The molecule has 1 aliphatic rings. The van der Waals surface area contributed by atoms with Crippen LogP contribution in [0.1, 0.15) is 11.1 Å². The van der Waals surface area contributed by atoms with Crippen LogP contribution in [0.15, 0.2) is 77.7 Å². The Kier molecular flexibility index (Phi) is 5.90. The number of hydrogen-bond donors (Lipinski definition) is 1. The summed E-state index contributed by atoms with van der Waals surface area (Å²) in [6, 6.07) is 19.0. The average Bonchev–Trinajstić information content (AvgIpc) is 2.77. The number of halogens is 1. The predicted molar refractivity (Wildman–Crippen MR) is 123 cm³/mol. The van der Waals surface area contributed by atoms with E-state index in [1.54, 1.807) is 54.6 Å². The number of hydrogen-bond acceptors (Lipinski definition) is 4. The minimum absolute atomic E-state index is 0.0425. The Bertz CT molecular complexity index is 1290. The fraction of sp³-hybridized carbons (Fsp3) is 0.130. The Morgan fingerprint density at radius 2 is 1.62 bits per heavy atom. The van der Waals surface area contributed by atoms with Gasteiger partial charge in [0.05, 0.1) is 11.4 Å². The van der Waals surface area contributed by atoms with Crippen molar-refractivity contribution in [2.24, 2.45) is 0 Å². The van der Waals surface area contributed by atoms with Crippen molar-refractivity contribution in [3.8, 4) is 0 Å². The lowest BCUT2D eigenvalue weighted by Gasteiger charge is -2.35. The standard InChI is InChI=1S/C23H20ClN3O4S/c1-16-10-12-18(13-11-16)27-23(29)26(20-8-4-5-9-21(20)32(27,30)31)15-22(28)25-14-17-6-2-3-7-19(17)24/h2-13H,14-15H2,1H3,(H,25,28). The highest BCUT2D eigenvalue weighted by Gasteiger charge is 2.42. The maximum absolute atomic E-state index is 13.3. The topological polar surface area (TPSA) is 86.8 Å². The van der Waals surface area contributed by atoms with E-state index in [0.717, 1.165) is 20.3 Å². The maximum Gasteiger partial charge on any atom is 0.343 e. The number of fused-ring (bicyclic) bond motifs is 1. The van der Waals surface area contributed by atoms with Crippen LogP contribution in [0.25, 0.3) is 0 Å². The van der Waals surface area contributed by atoms with Crippen LogP contribution in [-0.2, 0) is 21.4 Å². The van der Waals surface area contributed by atoms with Gasteiger partial charge in [0, 0.05) is 11.6 Å². The number of aryl methyl sites for hydroxylation is 1. The van der Waals surface area contributed by atoms with Gasteiger partial charge >= 0.3 is 6.03 Å². The van der Waals surface area contributed by atoms with Crippen LogP contribution in [0.3, 0.4) is 0 Å². The van der Waals surface area contributed by atoms with Gasteiger partial charge in [0.1, 0.15) is 11.4 Å². The van der Waals surface area contributed by atoms with Crippen molar-refractivity contribution in [1.29, 1.82) is 0 Å². The van der Waals surface area contributed by atoms with Gasteiger partial charge < -0.3 is 5.32 Å². The third-order valence-corrected chi connectivity index (χ3v) is 7.20. The molecule has 0 spiro atoms. The number of carbonyl (C=O) groups is 2. The molecule has 0 atom stereocenters. The first-order chi connectivity index (χ1) is 15.3. The van der Waals surface area contributed by atoms with Gasteiger partial charge in [-0.05, 0) is 42.8 Å². The third kappa shape index (κ3) is 4.06. The minimum atomic E-state index is -4.13.